The van der Waals surface area contributed by atoms with Crippen LogP contribution in [0, 0.1) is 0 Å². The number of rotatable bonds is 5. The maximum atomic E-state index is 5.21. The summed E-state index contributed by atoms with van der Waals surface area (Å²) in [5, 5.41) is 7.35. The van der Waals surface area contributed by atoms with E-state index in [0.717, 1.165) is 10.3 Å². The van der Waals surface area contributed by atoms with Crippen LogP contribution >= 0.6 is 15.9 Å². The summed E-state index contributed by atoms with van der Waals surface area (Å²) in [6.07, 6.45) is 3.23. The lowest BCUT2D eigenvalue weighted by atomic mass is 10.1. The minimum absolute atomic E-state index is 0.658. The van der Waals surface area contributed by atoms with Crippen LogP contribution in [0.15, 0.2) is 33.3 Å². The van der Waals surface area contributed by atoms with Gasteiger partial charge in [0.15, 0.2) is 5.82 Å². The van der Waals surface area contributed by atoms with Gasteiger partial charge in [0, 0.05) is 16.9 Å². The second-order valence-electron chi connectivity index (χ2n) is 4.57. The fourth-order valence-electron chi connectivity index (χ4n) is 1.78. The van der Waals surface area contributed by atoms with Gasteiger partial charge in [0.1, 0.15) is 0 Å². The van der Waals surface area contributed by atoms with Crippen LogP contribution in [0.1, 0.15) is 30.1 Å². The largest absolute Gasteiger partial charge is 0.338 e. The van der Waals surface area contributed by atoms with Crippen molar-refractivity contribution in [3.05, 3.63) is 46.0 Å². The Kier molecular flexibility index (Phi) is 3.43. The summed E-state index contributed by atoms with van der Waals surface area (Å²) in [6.45, 7) is 0.677. The van der Waals surface area contributed by atoms with E-state index in [1.165, 1.54) is 18.4 Å². The Bertz CT molecular complexity index is 537. The smallest absolute Gasteiger partial charge is 0.240 e. The predicted octanol–water partition coefficient (Wildman–Crippen LogP) is 2.67. The number of hydrogen-bond acceptors (Lipinski definition) is 4. The SMILES string of the molecule is Brc1cccc(Cc2noc(CNC3CC3)n2)c1. The molecule has 5 heteroatoms. The summed E-state index contributed by atoms with van der Waals surface area (Å²) >= 11 is 3.45. The predicted molar refractivity (Wildman–Crippen MR) is 71.1 cm³/mol. The lowest BCUT2D eigenvalue weighted by molar-refractivity contribution is 0.363. The van der Waals surface area contributed by atoms with Gasteiger partial charge in [0.2, 0.25) is 5.89 Å². The molecule has 4 nitrogen and oxygen atoms in total. The monoisotopic (exact) mass is 307 g/mol. The number of benzene rings is 1. The lowest BCUT2D eigenvalue weighted by Gasteiger charge is -1.97. The zero-order chi connectivity index (χ0) is 12.4. The molecule has 0 aliphatic heterocycles. The Morgan fingerprint density at radius 2 is 2.28 bits per heavy atom. The molecule has 0 amide bonds. The van der Waals surface area contributed by atoms with E-state index in [-0.39, 0.29) is 0 Å². The highest BCUT2D eigenvalue weighted by molar-refractivity contribution is 9.10. The molecule has 1 saturated carbocycles. The summed E-state index contributed by atoms with van der Waals surface area (Å²) in [6, 6.07) is 8.80. The average Bonchev–Trinajstić information content (AvgIpc) is 3.08. The van der Waals surface area contributed by atoms with Gasteiger partial charge in [0.25, 0.3) is 0 Å². The fraction of sp³-hybridized carbons (Fsp3) is 0.385. The van der Waals surface area contributed by atoms with Crippen LogP contribution in [0.2, 0.25) is 0 Å². The number of halogens is 1. The van der Waals surface area contributed by atoms with Crippen molar-refractivity contribution in [2.45, 2.75) is 31.8 Å². The maximum Gasteiger partial charge on any atom is 0.240 e. The van der Waals surface area contributed by atoms with E-state index in [9.17, 15) is 0 Å². The zero-order valence-electron chi connectivity index (χ0n) is 9.90. The molecule has 0 saturated heterocycles. The van der Waals surface area contributed by atoms with Crippen LogP contribution in [0.5, 0.6) is 0 Å². The molecule has 1 aromatic carbocycles. The first-order valence-electron chi connectivity index (χ1n) is 6.09. The second kappa shape index (κ2) is 5.20. The van der Waals surface area contributed by atoms with Gasteiger partial charge in [-0.1, -0.05) is 33.2 Å². The molecule has 1 heterocycles. The van der Waals surface area contributed by atoms with E-state index in [4.69, 9.17) is 4.52 Å². The van der Waals surface area contributed by atoms with Crippen molar-refractivity contribution in [3.63, 3.8) is 0 Å². The van der Waals surface area contributed by atoms with Crippen LogP contribution < -0.4 is 5.32 Å². The van der Waals surface area contributed by atoms with E-state index >= 15 is 0 Å². The van der Waals surface area contributed by atoms with Crippen LogP contribution in [-0.4, -0.2) is 16.2 Å². The van der Waals surface area contributed by atoms with Crippen LogP contribution in [-0.2, 0) is 13.0 Å². The normalized spacial score (nSPS) is 14.9. The van der Waals surface area contributed by atoms with E-state index in [1.54, 1.807) is 0 Å². The molecule has 1 aliphatic carbocycles. The van der Waals surface area contributed by atoms with Gasteiger partial charge in [-0.3, -0.25) is 0 Å². The molecule has 3 rings (SSSR count). The molecule has 1 N–H and O–H groups in total. The van der Waals surface area contributed by atoms with Crippen molar-refractivity contribution < 1.29 is 4.52 Å². The minimum atomic E-state index is 0.658. The van der Waals surface area contributed by atoms with Crippen LogP contribution in [0.4, 0.5) is 0 Å². The number of nitrogens with zero attached hydrogens (tertiary/aromatic N) is 2. The topological polar surface area (TPSA) is 51.0 Å². The highest BCUT2D eigenvalue weighted by atomic mass is 79.9. The van der Waals surface area contributed by atoms with Gasteiger partial charge in [-0.2, -0.15) is 4.98 Å². The van der Waals surface area contributed by atoms with Gasteiger partial charge in [-0.15, -0.1) is 0 Å². The van der Waals surface area contributed by atoms with E-state index < -0.39 is 0 Å². The molecule has 1 aliphatic rings. The summed E-state index contributed by atoms with van der Waals surface area (Å²) < 4.78 is 6.28. The third-order valence-corrected chi connectivity index (χ3v) is 3.37. The molecule has 0 atom stereocenters. The van der Waals surface area contributed by atoms with Crippen LogP contribution in [0.25, 0.3) is 0 Å². The summed E-state index contributed by atoms with van der Waals surface area (Å²) in [7, 11) is 0. The minimum Gasteiger partial charge on any atom is -0.338 e. The Hall–Kier alpha value is -1.20. The van der Waals surface area contributed by atoms with Gasteiger partial charge in [-0.05, 0) is 30.5 Å². The van der Waals surface area contributed by atoms with Crippen LogP contribution in [0.3, 0.4) is 0 Å². The number of hydrogen-bond donors (Lipinski definition) is 1. The summed E-state index contributed by atoms with van der Waals surface area (Å²) in [5.41, 5.74) is 1.17. The van der Waals surface area contributed by atoms with E-state index in [0.29, 0.717) is 24.9 Å². The number of aromatic nitrogens is 2. The standard InChI is InChI=1S/C13H14BrN3O/c14-10-3-1-2-9(6-10)7-12-16-13(18-17-12)8-15-11-4-5-11/h1-3,6,11,15H,4-5,7-8H2. The Morgan fingerprint density at radius 3 is 3.06 bits per heavy atom. The molecule has 94 valence electrons. The van der Waals surface area contributed by atoms with Crippen molar-refractivity contribution in [3.8, 4) is 0 Å². The van der Waals surface area contributed by atoms with Gasteiger partial charge in [0.05, 0.1) is 6.54 Å². The molecule has 0 radical (unpaired) electrons. The molecular weight excluding hydrogens is 294 g/mol. The molecule has 18 heavy (non-hydrogen) atoms. The Labute approximate surface area is 114 Å². The van der Waals surface area contributed by atoms with Crippen molar-refractivity contribution in [1.29, 1.82) is 0 Å². The first-order valence-corrected chi connectivity index (χ1v) is 6.88. The average molecular weight is 308 g/mol. The molecule has 1 fully saturated rings. The highest BCUT2D eigenvalue weighted by Gasteiger charge is 2.21. The van der Waals surface area contributed by atoms with E-state index in [2.05, 4.69) is 43.5 Å². The second-order valence-corrected chi connectivity index (χ2v) is 5.48. The molecule has 1 aromatic heterocycles. The lowest BCUT2D eigenvalue weighted by Crippen LogP contribution is -2.15. The Morgan fingerprint density at radius 1 is 1.39 bits per heavy atom. The number of nitrogens with one attached hydrogen (secondary N) is 1. The van der Waals surface area contributed by atoms with E-state index in [1.807, 2.05) is 12.1 Å². The molecule has 2 aromatic rings. The third-order valence-electron chi connectivity index (χ3n) is 2.88. The maximum absolute atomic E-state index is 5.21. The molecule has 0 spiro atoms. The van der Waals surface area contributed by atoms with Crippen molar-refractivity contribution >= 4 is 15.9 Å². The first kappa shape index (κ1) is 11.9. The van der Waals surface area contributed by atoms with Gasteiger partial charge < -0.3 is 9.84 Å². The summed E-state index contributed by atoms with van der Waals surface area (Å²) in [4.78, 5) is 4.38. The Balaban J connectivity index is 1.61. The van der Waals surface area contributed by atoms with Crippen molar-refractivity contribution in [2.24, 2.45) is 0 Å². The summed E-state index contributed by atoms with van der Waals surface area (Å²) in [5.74, 6) is 1.41. The third kappa shape index (κ3) is 3.17. The van der Waals surface area contributed by atoms with Gasteiger partial charge in [-0.25, -0.2) is 0 Å². The molecule has 0 unspecified atom stereocenters. The molecular formula is C13H14BrN3O. The van der Waals surface area contributed by atoms with Crippen molar-refractivity contribution in [2.75, 3.05) is 0 Å². The van der Waals surface area contributed by atoms with Crippen molar-refractivity contribution in [1.82, 2.24) is 15.5 Å². The first-order chi connectivity index (χ1) is 8.79. The fourth-order valence-corrected chi connectivity index (χ4v) is 2.23. The zero-order valence-corrected chi connectivity index (χ0v) is 11.5. The quantitative estimate of drug-likeness (QED) is 0.922. The molecule has 0 bridgehead atoms. The highest BCUT2D eigenvalue weighted by Crippen LogP contribution is 2.19. The van der Waals surface area contributed by atoms with Gasteiger partial charge >= 0.3 is 0 Å².